The first-order chi connectivity index (χ1) is 15.0. The molecular formula is C23H14BrN3O4. The number of benzene rings is 3. The highest BCUT2D eigenvalue weighted by Crippen LogP contribution is 2.31. The van der Waals surface area contributed by atoms with E-state index >= 15 is 0 Å². The van der Waals surface area contributed by atoms with Gasteiger partial charge in [0.05, 0.1) is 5.69 Å². The van der Waals surface area contributed by atoms with Gasteiger partial charge in [0.1, 0.15) is 17.4 Å². The number of barbiturate groups is 1. The summed E-state index contributed by atoms with van der Waals surface area (Å²) in [6.45, 7) is -0.196. The molecule has 0 spiro atoms. The molecular weight excluding hydrogens is 462 g/mol. The maximum Gasteiger partial charge on any atom is 0.335 e. The van der Waals surface area contributed by atoms with Crippen LogP contribution in [0.1, 0.15) is 5.56 Å². The van der Waals surface area contributed by atoms with Crippen molar-refractivity contribution in [2.75, 3.05) is 11.5 Å². The normalized spacial score (nSPS) is 15.2. The zero-order valence-electron chi connectivity index (χ0n) is 16.0. The van der Waals surface area contributed by atoms with Gasteiger partial charge in [-0.25, -0.2) is 9.69 Å². The van der Waals surface area contributed by atoms with Crippen molar-refractivity contribution in [3.8, 4) is 11.8 Å². The van der Waals surface area contributed by atoms with E-state index < -0.39 is 17.8 Å². The molecule has 1 aliphatic heterocycles. The number of halogens is 1. The lowest BCUT2D eigenvalue weighted by Gasteiger charge is -2.27. The van der Waals surface area contributed by atoms with Crippen LogP contribution in [0.25, 0.3) is 16.8 Å². The Hall–Kier alpha value is -3.96. The zero-order valence-corrected chi connectivity index (χ0v) is 17.5. The number of urea groups is 1. The van der Waals surface area contributed by atoms with Crippen molar-refractivity contribution >= 4 is 56.3 Å². The topological polar surface area (TPSA) is 99.5 Å². The number of carbonyl (C=O) groups is 3. The highest BCUT2D eigenvalue weighted by atomic mass is 79.9. The standard InChI is InChI=1S/C23H14BrN3O4/c24-16-8-9-20(31-11-10-25)15(12-16)13-18-21(28)26-23(30)27(22(18)29)19-7-3-5-14-4-1-2-6-17(14)19/h1-9,12-13H,11H2,(H,26,28,30). The van der Waals surface area contributed by atoms with E-state index in [1.165, 1.54) is 6.08 Å². The summed E-state index contributed by atoms with van der Waals surface area (Å²) in [5, 5.41) is 12.6. The van der Waals surface area contributed by atoms with Crippen molar-refractivity contribution < 1.29 is 19.1 Å². The zero-order chi connectivity index (χ0) is 22.0. The number of rotatable bonds is 4. The molecule has 0 saturated carbocycles. The number of anilines is 1. The Labute approximate surface area is 185 Å². The summed E-state index contributed by atoms with van der Waals surface area (Å²) in [4.78, 5) is 39.3. The van der Waals surface area contributed by atoms with Gasteiger partial charge in [-0.15, -0.1) is 0 Å². The van der Waals surface area contributed by atoms with Crippen LogP contribution in [0.15, 0.2) is 70.7 Å². The Morgan fingerprint density at radius 3 is 2.65 bits per heavy atom. The van der Waals surface area contributed by atoms with Gasteiger partial charge in [0.15, 0.2) is 6.61 Å². The molecule has 3 aromatic carbocycles. The van der Waals surface area contributed by atoms with Crippen LogP contribution in [0.5, 0.6) is 5.75 Å². The average molecular weight is 476 g/mol. The number of imide groups is 2. The van der Waals surface area contributed by atoms with Crippen LogP contribution in [-0.2, 0) is 9.59 Å². The van der Waals surface area contributed by atoms with Crippen molar-refractivity contribution in [1.82, 2.24) is 5.32 Å². The van der Waals surface area contributed by atoms with Crippen molar-refractivity contribution in [2.24, 2.45) is 0 Å². The van der Waals surface area contributed by atoms with E-state index in [9.17, 15) is 14.4 Å². The number of ether oxygens (including phenoxy) is 1. The van der Waals surface area contributed by atoms with E-state index in [1.54, 1.807) is 42.5 Å². The van der Waals surface area contributed by atoms with E-state index in [0.717, 1.165) is 10.3 Å². The molecule has 4 amide bonds. The van der Waals surface area contributed by atoms with Crippen LogP contribution in [-0.4, -0.2) is 24.5 Å². The Kier molecular flexibility index (Phi) is 5.52. The lowest BCUT2D eigenvalue weighted by atomic mass is 10.0. The first-order valence-corrected chi connectivity index (χ1v) is 9.97. The number of nitriles is 1. The number of fused-ring (bicyclic) bond motifs is 1. The van der Waals surface area contributed by atoms with Crippen LogP contribution < -0.4 is 15.0 Å². The van der Waals surface area contributed by atoms with Gasteiger partial charge in [0.25, 0.3) is 11.8 Å². The Morgan fingerprint density at radius 1 is 1.06 bits per heavy atom. The minimum atomic E-state index is -0.821. The molecule has 1 N–H and O–H groups in total. The van der Waals surface area contributed by atoms with Crippen LogP contribution in [0, 0.1) is 11.3 Å². The molecule has 31 heavy (non-hydrogen) atoms. The molecule has 3 aromatic rings. The van der Waals surface area contributed by atoms with Gasteiger partial charge in [-0.3, -0.25) is 14.9 Å². The molecule has 1 aliphatic rings. The molecule has 1 heterocycles. The number of amides is 4. The Bertz CT molecular complexity index is 1300. The number of nitrogens with zero attached hydrogens (tertiary/aromatic N) is 2. The fourth-order valence-corrected chi connectivity index (χ4v) is 3.69. The highest BCUT2D eigenvalue weighted by molar-refractivity contribution is 9.10. The molecule has 0 atom stereocenters. The van der Waals surface area contributed by atoms with Gasteiger partial charge in [0.2, 0.25) is 0 Å². The van der Waals surface area contributed by atoms with Crippen molar-refractivity contribution in [3.63, 3.8) is 0 Å². The Morgan fingerprint density at radius 2 is 1.84 bits per heavy atom. The predicted molar refractivity (Wildman–Crippen MR) is 118 cm³/mol. The number of hydrogen-bond donors (Lipinski definition) is 1. The second-order valence-electron chi connectivity index (χ2n) is 6.59. The smallest absolute Gasteiger partial charge is 0.335 e. The van der Waals surface area contributed by atoms with Crippen LogP contribution in [0.2, 0.25) is 0 Å². The molecule has 0 aliphatic carbocycles. The number of nitrogens with one attached hydrogen (secondary N) is 1. The summed E-state index contributed by atoms with van der Waals surface area (Å²) >= 11 is 3.34. The summed E-state index contributed by atoms with van der Waals surface area (Å²) in [6.07, 6.45) is 1.35. The third-order valence-electron chi connectivity index (χ3n) is 4.67. The first-order valence-electron chi connectivity index (χ1n) is 9.18. The molecule has 1 fully saturated rings. The largest absolute Gasteiger partial charge is 0.478 e. The van der Waals surface area contributed by atoms with E-state index in [-0.39, 0.29) is 12.2 Å². The fourth-order valence-electron chi connectivity index (χ4n) is 3.31. The summed E-state index contributed by atoms with van der Waals surface area (Å²) in [5.74, 6) is -1.24. The Balaban J connectivity index is 1.81. The molecule has 0 radical (unpaired) electrons. The van der Waals surface area contributed by atoms with Gasteiger partial charge in [0, 0.05) is 15.4 Å². The van der Waals surface area contributed by atoms with Gasteiger partial charge in [-0.1, -0.05) is 52.3 Å². The first kappa shape index (κ1) is 20.3. The van der Waals surface area contributed by atoms with Crippen molar-refractivity contribution in [2.45, 2.75) is 0 Å². The van der Waals surface area contributed by atoms with Crippen molar-refractivity contribution in [1.29, 1.82) is 5.26 Å². The van der Waals surface area contributed by atoms with Crippen LogP contribution in [0.4, 0.5) is 10.5 Å². The third-order valence-corrected chi connectivity index (χ3v) is 5.17. The lowest BCUT2D eigenvalue weighted by molar-refractivity contribution is -0.122. The van der Waals surface area contributed by atoms with Gasteiger partial charge < -0.3 is 4.74 Å². The maximum atomic E-state index is 13.3. The second kappa shape index (κ2) is 8.42. The number of hydrogen-bond acceptors (Lipinski definition) is 5. The molecule has 1 saturated heterocycles. The van der Waals surface area contributed by atoms with E-state index in [4.69, 9.17) is 10.00 Å². The van der Waals surface area contributed by atoms with Crippen molar-refractivity contribution in [3.05, 3.63) is 76.3 Å². The van der Waals surface area contributed by atoms with E-state index in [2.05, 4.69) is 21.2 Å². The molecule has 7 nitrogen and oxygen atoms in total. The SMILES string of the molecule is N#CCOc1ccc(Br)cc1C=C1C(=O)NC(=O)N(c2cccc3ccccc23)C1=O. The van der Waals surface area contributed by atoms with Crippen LogP contribution in [0.3, 0.4) is 0 Å². The van der Waals surface area contributed by atoms with Crippen LogP contribution >= 0.6 is 15.9 Å². The average Bonchev–Trinajstić information content (AvgIpc) is 2.76. The predicted octanol–water partition coefficient (Wildman–Crippen LogP) is 4.17. The minimum Gasteiger partial charge on any atom is -0.478 e. The summed E-state index contributed by atoms with van der Waals surface area (Å²) < 4.78 is 6.08. The second-order valence-corrected chi connectivity index (χ2v) is 7.50. The third kappa shape index (κ3) is 3.91. The summed E-state index contributed by atoms with van der Waals surface area (Å²) in [7, 11) is 0. The van der Waals surface area contributed by atoms with E-state index in [1.807, 2.05) is 24.3 Å². The summed E-state index contributed by atoms with van der Waals surface area (Å²) in [6, 6.07) is 18.6. The molecule has 0 unspecified atom stereocenters. The van der Waals surface area contributed by atoms with E-state index in [0.29, 0.717) is 26.9 Å². The number of carbonyl (C=O) groups excluding carboxylic acids is 3. The molecule has 4 rings (SSSR count). The molecule has 8 heteroatoms. The summed E-state index contributed by atoms with van der Waals surface area (Å²) in [5.41, 5.74) is 0.553. The van der Waals surface area contributed by atoms with Gasteiger partial charge in [-0.2, -0.15) is 5.26 Å². The van der Waals surface area contributed by atoms with Gasteiger partial charge in [-0.05, 0) is 35.7 Å². The fraction of sp³-hybridized carbons (Fsp3) is 0.0435. The monoisotopic (exact) mass is 475 g/mol. The quantitative estimate of drug-likeness (QED) is 0.450. The lowest BCUT2D eigenvalue weighted by Crippen LogP contribution is -2.54. The molecule has 152 valence electrons. The maximum absolute atomic E-state index is 13.3. The van der Waals surface area contributed by atoms with Gasteiger partial charge >= 0.3 is 6.03 Å². The highest BCUT2D eigenvalue weighted by Gasteiger charge is 2.37. The molecule has 0 aromatic heterocycles. The minimum absolute atomic E-state index is 0.196. The molecule has 0 bridgehead atoms.